The van der Waals surface area contributed by atoms with Crippen molar-refractivity contribution >= 4 is 39.8 Å². The highest BCUT2D eigenvalue weighted by Crippen LogP contribution is 2.36. The molecule has 0 atom stereocenters. The fourth-order valence-corrected chi connectivity index (χ4v) is 3.75. The van der Waals surface area contributed by atoms with Gasteiger partial charge in [-0.15, -0.1) is 0 Å². The van der Waals surface area contributed by atoms with Crippen LogP contribution in [0.2, 0.25) is 0 Å². The van der Waals surface area contributed by atoms with Crippen LogP contribution in [0.1, 0.15) is 55.5 Å². The fraction of sp³-hybridized carbons (Fsp3) is 0.360. The van der Waals surface area contributed by atoms with E-state index in [9.17, 15) is 4.79 Å². The topological polar surface area (TPSA) is 51.2 Å². The molecule has 1 heterocycles. The monoisotopic (exact) mass is 422 g/mol. The van der Waals surface area contributed by atoms with Gasteiger partial charge in [-0.2, -0.15) is 11.8 Å². The molecule has 0 aliphatic carbocycles. The average molecular weight is 423 g/mol. The summed E-state index contributed by atoms with van der Waals surface area (Å²) in [5, 5.41) is 4.48. The molecule has 0 saturated heterocycles. The molecule has 0 fully saturated rings. The number of benzene rings is 2. The van der Waals surface area contributed by atoms with Crippen LogP contribution in [-0.2, 0) is 0 Å². The molecule has 30 heavy (non-hydrogen) atoms. The summed E-state index contributed by atoms with van der Waals surface area (Å²) in [5.74, 6) is 2.12. The average Bonchev–Trinajstić information content (AvgIpc) is 2.74. The maximum Gasteiger partial charge on any atom is 0.166 e. The molecule has 158 valence electrons. The highest BCUT2D eigenvalue weighted by molar-refractivity contribution is 7.98. The van der Waals surface area contributed by atoms with E-state index >= 15 is 0 Å². The van der Waals surface area contributed by atoms with E-state index in [0.29, 0.717) is 24.5 Å². The van der Waals surface area contributed by atoms with Crippen LogP contribution in [0.5, 0.6) is 5.75 Å². The predicted molar refractivity (Wildman–Crippen MR) is 129 cm³/mol. The molecule has 1 N–H and O–H groups in total. The molecule has 0 radical (unpaired) electrons. The van der Waals surface area contributed by atoms with Crippen LogP contribution in [0.25, 0.3) is 10.9 Å². The van der Waals surface area contributed by atoms with Gasteiger partial charge in [-0.1, -0.05) is 51.1 Å². The number of nitrogens with one attached hydrogen (secondary N) is 1. The summed E-state index contributed by atoms with van der Waals surface area (Å²) in [6, 6.07) is 14.2. The molecule has 3 aromatic rings. The number of aromatic nitrogens is 1. The first-order chi connectivity index (χ1) is 14.6. The van der Waals surface area contributed by atoms with Crippen LogP contribution in [0.4, 0.5) is 11.4 Å². The summed E-state index contributed by atoms with van der Waals surface area (Å²) < 4.78 is 5.98. The number of fused-ring (bicyclic) bond motifs is 1. The summed E-state index contributed by atoms with van der Waals surface area (Å²) in [4.78, 5) is 17.5. The number of hydrogen-bond acceptors (Lipinski definition) is 5. The molecule has 2 aromatic carbocycles. The minimum Gasteiger partial charge on any atom is -0.490 e. The number of hydrogen-bond donors (Lipinski definition) is 1. The summed E-state index contributed by atoms with van der Waals surface area (Å²) in [7, 11) is 0. The predicted octanol–water partition coefficient (Wildman–Crippen LogP) is 6.83. The van der Waals surface area contributed by atoms with Gasteiger partial charge in [-0.25, -0.2) is 0 Å². The Balaban J connectivity index is 2.14. The molecular weight excluding hydrogens is 392 g/mol. The van der Waals surface area contributed by atoms with Gasteiger partial charge in [0.15, 0.2) is 5.78 Å². The lowest BCUT2D eigenvalue weighted by Crippen LogP contribution is -2.08. The van der Waals surface area contributed by atoms with Gasteiger partial charge in [-0.3, -0.25) is 9.78 Å². The van der Waals surface area contributed by atoms with Crippen LogP contribution >= 0.6 is 11.8 Å². The molecule has 4 nitrogen and oxygen atoms in total. The number of nitrogens with zero attached hydrogens (tertiary/aromatic N) is 1. The molecule has 1 aromatic heterocycles. The zero-order chi connectivity index (χ0) is 21.5. The fourth-order valence-electron chi connectivity index (χ4n) is 3.50. The van der Waals surface area contributed by atoms with E-state index < -0.39 is 0 Å². The molecule has 0 aliphatic heterocycles. The molecule has 0 aliphatic rings. The van der Waals surface area contributed by atoms with Crippen molar-refractivity contribution in [2.24, 2.45) is 0 Å². The first-order valence-electron chi connectivity index (χ1n) is 10.5. The highest BCUT2D eigenvalue weighted by Gasteiger charge is 2.18. The number of ether oxygens (including phenoxy) is 1. The van der Waals surface area contributed by atoms with Crippen LogP contribution in [0.15, 0.2) is 48.7 Å². The molecule has 0 saturated carbocycles. The Kier molecular flexibility index (Phi) is 7.75. The van der Waals surface area contributed by atoms with E-state index in [0.717, 1.165) is 40.2 Å². The minimum absolute atomic E-state index is 0.102. The van der Waals surface area contributed by atoms with Gasteiger partial charge in [0.05, 0.1) is 17.9 Å². The van der Waals surface area contributed by atoms with E-state index in [1.54, 1.807) is 18.0 Å². The second-order valence-electron chi connectivity index (χ2n) is 7.58. The minimum atomic E-state index is 0.102. The largest absolute Gasteiger partial charge is 0.490 e. The van der Waals surface area contributed by atoms with Crippen molar-refractivity contribution in [2.45, 2.75) is 39.5 Å². The van der Waals surface area contributed by atoms with Gasteiger partial charge < -0.3 is 10.1 Å². The molecular formula is C25H30N2O2S. The molecule has 0 spiro atoms. The zero-order valence-electron chi connectivity index (χ0n) is 18.2. The van der Waals surface area contributed by atoms with Crippen molar-refractivity contribution in [2.75, 3.05) is 23.9 Å². The summed E-state index contributed by atoms with van der Waals surface area (Å²) >= 11 is 1.74. The Hall–Kier alpha value is -2.53. The standard InChI is InChI=1S/C25H30N2O2S/c1-5-9-22(28)20-16-26-25-19(11-8-13-23(25)29-14-15-30-4)24(20)27-21-12-7-6-10-18(21)17(2)3/h6-8,10-13,16-17H,5,9,14-15H2,1-4H3,(H,26,27). The summed E-state index contributed by atoms with van der Waals surface area (Å²) in [6.45, 7) is 6.99. The van der Waals surface area contributed by atoms with Crippen molar-refractivity contribution in [1.29, 1.82) is 0 Å². The normalized spacial score (nSPS) is 11.1. The lowest BCUT2D eigenvalue weighted by Gasteiger charge is -2.19. The Morgan fingerprint density at radius 2 is 1.97 bits per heavy atom. The van der Waals surface area contributed by atoms with Crippen LogP contribution in [-0.4, -0.2) is 29.4 Å². The van der Waals surface area contributed by atoms with E-state index in [4.69, 9.17) is 4.74 Å². The summed E-state index contributed by atoms with van der Waals surface area (Å²) in [6.07, 6.45) is 5.06. The van der Waals surface area contributed by atoms with Gasteiger partial charge in [-0.05, 0) is 36.3 Å². The Bertz CT molecular complexity index is 1020. The zero-order valence-corrected chi connectivity index (χ0v) is 19.0. The van der Waals surface area contributed by atoms with E-state index in [-0.39, 0.29) is 5.78 Å². The number of anilines is 2. The molecule has 0 amide bonds. The van der Waals surface area contributed by atoms with Gasteiger partial charge >= 0.3 is 0 Å². The van der Waals surface area contributed by atoms with Gasteiger partial charge in [0.1, 0.15) is 11.3 Å². The quantitative estimate of drug-likeness (QED) is 0.287. The van der Waals surface area contributed by atoms with Crippen molar-refractivity contribution in [3.63, 3.8) is 0 Å². The van der Waals surface area contributed by atoms with E-state index in [1.807, 2.05) is 37.3 Å². The first kappa shape index (κ1) is 22.2. The van der Waals surface area contributed by atoms with Crippen molar-refractivity contribution in [1.82, 2.24) is 4.98 Å². The molecule has 0 bridgehead atoms. The number of pyridine rings is 1. The van der Waals surface area contributed by atoms with E-state index in [1.165, 1.54) is 5.56 Å². The SMILES string of the molecule is CCCC(=O)c1cnc2c(OCCSC)cccc2c1Nc1ccccc1C(C)C. The third-order valence-electron chi connectivity index (χ3n) is 5.03. The summed E-state index contributed by atoms with van der Waals surface area (Å²) in [5.41, 5.74) is 4.44. The Labute approximate surface area is 183 Å². The maximum absolute atomic E-state index is 12.9. The van der Waals surface area contributed by atoms with Crippen molar-refractivity contribution in [3.8, 4) is 5.75 Å². The maximum atomic E-state index is 12.9. The second kappa shape index (κ2) is 10.5. The van der Waals surface area contributed by atoms with E-state index in [2.05, 4.69) is 42.5 Å². The Morgan fingerprint density at radius 3 is 2.70 bits per heavy atom. The smallest absolute Gasteiger partial charge is 0.166 e. The van der Waals surface area contributed by atoms with Gasteiger partial charge in [0.25, 0.3) is 0 Å². The number of carbonyl (C=O) groups is 1. The number of carbonyl (C=O) groups excluding carboxylic acids is 1. The van der Waals surface area contributed by atoms with Gasteiger partial charge in [0, 0.05) is 29.4 Å². The Morgan fingerprint density at radius 1 is 1.17 bits per heavy atom. The molecule has 0 unspecified atom stereocenters. The number of rotatable bonds is 10. The number of thioether (sulfide) groups is 1. The molecule has 3 rings (SSSR count). The van der Waals surface area contributed by atoms with Crippen molar-refractivity contribution < 1.29 is 9.53 Å². The second-order valence-corrected chi connectivity index (χ2v) is 8.57. The number of Topliss-reactive ketones (excluding diaryl/α,β-unsaturated/α-hetero) is 1. The van der Waals surface area contributed by atoms with Crippen LogP contribution in [0, 0.1) is 0 Å². The van der Waals surface area contributed by atoms with Crippen LogP contribution in [0.3, 0.4) is 0 Å². The lowest BCUT2D eigenvalue weighted by atomic mass is 9.99. The lowest BCUT2D eigenvalue weighted by molar-refractivity contribution is 0.0982. The highest BCUT2D eigenvalue weighted by atomic mass is 32.2. The van der Waals surface area contributed by atoms with Gasteiger partial charge in [0.2, 0.25) is 0 Å². The third-order valence-corrected chi connectivity index (χ3v) is 5.60. The molecule has 5 heteroatoms. The first-order valence-corrected chi connectivity index (χ1v) is 11.9. The number of ketones is 1. The van der Waals surface area contributed by atoms with Crippen LogP contribution < -0.4 is 10.1 Å². The third kappa shape index (κ3) is 4.96. The number of para-hydroxylation sites is 2. The van der Waals surface area contributed by atoms with Crippen molar-refractivity contribution in [3.05, 3.63) is 59.8 Å².